The number of benzene rings is 2. The average Bonchev–Trinajstić information content (AvgIpc) is 2.41. The maximum Gasteiger partial charge on any atom is 0.416 e. The molecule has 10 heteroatoms. The number of hydrogen-bond acceptors (Lipinski definition) is 3. The van der Waals surface area contributed by atoms with E-state index in [1.54, 1.807) is 0 Å². The van der Waals surface area contributed by atoms with Crippen LogP contribution in [0.1, 0.15) is 5.56 Å². The maximum absolute atomic E-state index is 12.6. The number of phenolic OH excluding ortho intramolecular Hbond substituents is 1. The molecule has 0 aliphatic rings. The predicted octanol–water partition coefficient (Wildman–Crippen LogP) is 4.52. The number of sulfonamides is 1. The van der Waals surface area contributed by atoms with E-state index >= 15 is 0 Å². The van der Waals surface area contributed by atoms with E-state index in [4.69, 9.17) is 23.2 Å². The fourth-order valence-corrected chi connectivity index (χ4v) is 3.45. The van der Waals surface area contributed by atoms with Crippen LogP contribution in [0.25, 0.3) is 0 Å². The summed E-state index contributed by atoms with van der Waals surface area (Å²) in [7, 11) is -4.23. The lowest BCUT2D eigenvalue weighted by molar-refractivity contribution is -0.137. The van der Waals surface area contributed by atoms with Gasteiger partial charge in [-0.05, 0) is 36.4 Å². The Hall–Kier alpha value is -1.64. The Labute approximate surface area is 139 Å². The Morgan fingerprint density at radius 1 is 1.00 bits per heavy atom. The minimum atomic E-state index is -4.64. The number of phenols is 1. The second kappa shape index (κ2) is 6.10. The van der Waals surface area contributed by atoms with Gasteiger partial charge in [0, 0.05) is 0 Å². The van der Waals surface area contributed by atoms with Crippen molar-refractivity contribution in [3.63, 3.8) is 0 Å². The van der Waals surface area contributed by atoms with Crippen molar-refractivity contribution in [3.8, 4) is 5.75 Å². The molecule has 0 unspecified atom stereocenters. The first-order chi connectivity index (χ1) is 10.5. The number of hydrogen-bond donors (Lipinski definition) is 2. The first-order valence-corrected chi connectivity index (χ1v) is 8.13. The van der Waals surface area contributed by atoms with Gasteiger partial charge < -0.3 is 5.11 Å². The number of rotatable bonds is 3. The first kappa shape index (κ1) is 17.7. The van der Waals surface area contributed by atoms with Gasteiger partial charge in [-0.3, -0.25) is 4.72 Å². The van der Waals surface area contributed by atoms with Crippen molar-refractivity contribution in [2.75, 3.05) is 4.72 Å². The molecule has 0 atom stereocenters. The van der Waals surface area contributed by atoms with Crippen LogP contribution in [-0.2, 0) is 16.2 Å². The summed E-state index contributed by atoms with van der Waals surface area (Å²) in [5.41, 5.74) is -1.04. The normalized spacial score (nSPS) is 12.2. The highest BCUT2D eigenvalue weighted by molar-refractivity contribution is 7.92. The van der Waals surface area contributed by atoms with Gasteiger partial charge in [0.25, 0.3) is 10.0 Å². The molecule has 0 bridgehead atoms. The minimum Gasteiger partial charge on any atom is -0.506 e. The van der Waals surface area contributed by atoms with Crippen LogP contribution in [0.5, 0.6) is 5.75 Å². The molecule has 0 amide bonds. The highest BCUT2D eigenvalue weighted by atomic mass is 35.5. The van der Waals surface area contributed by atoms with Crippen LogP contribution in [0, 0.1) is 0 Å². The zero-order chi connectivity index (χ0) is 17.4. The number of alkyl halides is 3. The summed E-state index contributed by atoms with van der Waals surface area (Å²) in [4.78, 5) is -0.517. The summed E-state index contributed by atoms with van der Waals surface area (Å²) in [6.45, 7) is 0. The fraction of sp³-hybridized carbons (Fsp3) is 0.0769. The van der Waals surface area contributed by atoms with Crippen LogP contribution in [0.15, 0.2) is 41.3 Å². The zero-order valence-corrected chi connectivity index (χ0v) is 13.4. The second-order valence-corrected chi connectivity index (χ2v) is 6.88. The van der Waals surface area contributed by atoms with Gasteiger partial charge in [0.05, 0.1) is 21.3 Å². The van der Waals surface area contributed by atoms with Gasteiger partial charge in [0.15, 0.2) is 0 Å². The number of nitrogens with one attached hydrogen (secondary N) is 1. The lowest BCUT2D eigenvalue weighted by Gasteiger charge is -2.12. The third-order valence-electron chi connectivity index (χ3n) is 2.75. The van der Waals surface area contributed by atoms with E-state index in [-0.39, 0.29) is 16.5 Å². The third kappa shape index (κ3) is 4.01. The van der Waals surface area contributed by atoms with E-state index in [0.717, 1.165) is 18.2 Å². The monoisotopic (exact) mass is 385 g/mol. The number of halogens is 5. The molecule has 0 heterocycles. The SMILES string of the molecule is O=S(=O)(Nc1ccc(O)c(Cl)c1)c1ccc(C(F)(F)F)cc1Cl. The van der Waals surface area contributed by atoms with Crippen LogP contribution in [-0.4, -0.2) is 13.5 Å². The van der Waals surface area contributed by atoms with Gasteiger partial charge in [-0.1, -0.05) is 23.2 Å². The molecule has 2 N–H and O–H groups in total. The van der Waals surface area contributed by atoms with Crippen LogP contribution in [0.3, 0.4) is 0 Å². The molecule has 124 valence electrons. The predicted molar refractivity (Wildman–Crippen MR) is 80.4 cm³/mol. The van der Waals surface area contributed by atoms with E-state index in [9.17, 15) is 26.7 Å². The summed E-state index contributed by atoms with van der Waals surface area (Å²) < 4.78 is 64.2. The Morgan fingerprint density at radius 3 is 2.17 bits per heavy atom. The van der Waals surface area contributed by atoms with E-state index in [0.29, 0.717) is 12.1 Å². The highest BCUT2D eigenvalue weighted by Crippen LogP contribution is 2.34. The smallest absolute Gasteiger partial charge is 0.416 e. The van der Waals surface area contributed by atoms with Crippen LogP contribution in [0.2, 0.25) is 10.0 Å². The molecule has 2 aromatic rings. The summed E-state index contributed by atoms with van der Waals surface area (Å²) in [6.07, 6.45) is -4.64. The molecule has 0 aliphatic carbocycles. The van der Waals surface area contributed by atoms with Crippen molar-refractivity contribution >= 4 is 38.9 Å². The standard InChI is InChI=1S/C13H8Cl2F3NO3S/c14-9-6-8(2-3-11(9)20)19-23(21,22)12-4-1-7(5-10(12)15)13(16,17)18/h1-6,19-20H. The fourth-order valence-electron chi connectivity index (χ4n) is 1.68. The highest BCUT2D eigenvalue weighted by Gasteiger charge is 2.32. The number of aromatic hydroxyl groups is 1. The van der Waals surface area contributed by atoms with Gasteiger partial charge >= 0.3 is 6.18 Å². The van der Waals surface area contributed by atoms with Crippen molar-refractivity contribution in [3.05, 3.63) is 52.0 Å². The first-order valence-electron chi connectivity index (χ1n) is 5.89. The second-order valence-electron chi connectivity index (χ2n) is 4.41. The van der Waals surface area contributed by atoms with Gasteiger partial charge in [-0.2, -0.15) is 13.2 Å². The van der Waals surface area contributed by atoms with Crippen molar-refractivity contribution in [1.29, 1.82) is 0 Å². The summed E-state index contributed by atoms with van der Waals surface area (Å²) in [5, 5.41) is 8.61. The molecule has 0 radical (unpaired) electrons. The van der Waals surface area contributed by atoms with E-state index in [2.05, 4.69) is 4.72 Å². The van der Waals surface area contributed by atoms with E-state index < -0.39 is 31.7 Å². The third-order valence-corrected chi connectivity index (χ3v) is 4.92. The molecule has 23 heavy (non-hydrogen) atoms. The average molecular weight is 386 g/mol. The van der Waals surface area contributed by atoms with E-state index in [1.807, 2.05) is 0 Å². The Balaban J connectivity index is 2.38. The van der Waals surface area contributed by atoms with Gasteiger partial charge in [-0.25, -0.2) is 8.42 Å². The molecular weight excluding hydrogens is 378 g/mol. The van der Waals surface area contributed by atoms with Crippen molar-refractivity contribution in [1.82, 2.24) is 0 Å². The molecular formula is C13H8Cl2F3NO3S. The zero-order valence-electron chi connectivity index (χ0n) is 11.0. The quantitative estimate of drug-likeness (QED) is 0.763. The van der Waals surface area contributed by atoms with Crippen molar-refractivity contribution in [2.45, 2.75) is 11.1 Å². The van der Waals surface area contributed by atoms with Gasteiger partial charge in [0.1, 0.15) is 10.6 Å². The largest absolute Gasteiger partial charge is 0.506 e. The molecule has 2 rings (SSSR count). The molecule has 0 fully saturated rings. The van der Waals surface area contributed by atoms with Crippen molar-refractivity contribution in [2.24, 2.45) is 0 Å². The van der Waals surface area contributed by atoms with Crippen LogP contribution >= 0.6 is 23.2 Å². The van der Waals surface area contributed by atoms with E-state index in [1.165, 1.54) is 6.07 Å². The molecule has 0 aromatic heterocycles. The molecule has 0 saturated heterocycles. The Kier molecular flexibility index (Phi) is 4.70. The Morgan fingerprint density at radius 2 is 1.65 bits per heavy atom. The molecule has 0 saturated carbocycles. The topological polar surface area (TPSA) is 66.4 Å². The molecule has 0 spiro atoms. The molecule has 0 aliphatic heterocycles. The maximum atomic E-state index is 12.6. The van der Waals surface area contributed by atoms with Gasteiger partial charge in [0.2, 0.25) is 0 Å². The minimum absolute atomic E-state index is 0.0174. The van der Waals surface area contributed by atoms with Gasteiger partial charge in [-0.15, -0.1) is 0 Å². The Bertz CT molecular complexity index is 854. The van der Waals surface area contributed by atoms with Crippen molar-refractivity contribution < 1.29 is 26.7 Å². The molecule has 4 nitrogen and oxygen atoms in total. The summed E-state index contributed by atoms with van der Waals surface area (Å²) in [6, 6.07) is 5.44. The summed E-state index contributed by atoms with van der Waals surface area (Å²) in [5.74, 6) is -0.248. The number of anilines is 1. The lowest BCUT2D eigenvalue weighted by Crippen LogP contribution is -2.14. The van der Waals surface area contributed by atoms with Crippen LogP contribution in [0.4, 0.5) is 18.9 Å². The lowest BCUT2D eigenvalue weighted by atomic mass is 10.2. The molecule has 2 aromatic carbocycles. The summed E-state index contributed by atoms with van der Waals surface area (Å²) >= 11 is 11.3. The van der Waals surface area contributed by atoms with Crippen LogP contribution < -0.4 is 4.72 Å².